The SMILES string of the molecule is CCCCCCCCCCCCCCCCCC(=O)NCC[N+](C)(CC)CC.[I-]. The van der Waals surface area contributed by atoms with Crippen LogP contribution in [0.3, 0.4) is 0 Å². The highest BCUT2D eigenvalue weighted by Crippen LogP contribution is 2.13. The van der Waals surface area contributed by atoms with Crippen molar-refractivity contribution in [2.75, 3.05) is 33.2 Å². The first-order valence-corrected chi connectivity index (χ1v) is 12.7. The molecule has 1 N–H and O–H groups in total. The van der Waals surface area contributed by atoms with Crippen molar-refractivity contribution < 1.29 is 33.3 Å². The molecule has 0 bridgehead atoms. The smallest absolute Gasteiger partial charge is 0.220 e. The van der Waals surface area contributed by atoms with Crippen LogP contribution in [0, 0.1) is 0 Å². The highest BCUT2D eigenvalue weighted by atomic mass is 127. The maximum atomic E-state index is 11.9. The van der Waals surface area contributed by atoms with Gasteiger partial charge in [0.25, 0.3) is 0 Å². The minimum absolute atomic E-state index is 0. The quantitative estimate of drug-likeness (QED) is 0.138. The molecule has 0 unspecified atom stereocenters. The van der Waals surface area contributed by atoms with Gasteiger partial charge in [0, 0.05) is 6.42 Å². The second-order valence-corrected chi connectivity index (χ2v) is 9.03. The molecule has 0 spiro atoms. The van der Waals surface area contributed by atoms with E-state index in [0.29, 0.717) is 6.42 Å². The molecular formula is C25H53IN2O. The summed E-state index contributed by atoms with van der Waals surface area (Å²) in [6, 6.07) is 0. The van der Waals surface area contributed by atoms with Crippen LogP contribution < -0.4 is 29.3 Å². The zero-order valence-corrected chi connectivity index (χ0v) is 22.5. The van der Waals surface area contributed by atoms with Crippen molar-refractivity contribution in [2.45, 2.75) is 124 Å². The van der Waals surface area contributed by atoms with Gasteiger partial charge in [-0.3, -0.25) is 4.79 Å². The molecule has 0 saturated carbocycles. The monoisotopic (exact) mass is 524 g/mol. The standard InChI is InChI=1S/C25H52N2O.HI/c1-5-8-9-10-11-12-13-14-15-16-17-18-19-20-21-22-25(28)26-23-24-27(4,6-2)7-3;/h5-24H2,1-4H3;1H. The summed E-state index contributed by atoms with van der Waals surface area (Å²) in [5, 5.41) is 3.10. The van der Waals surface area contributed by atoms with Gasteiger partial charge in [0.15, 0.2) is 0 Å². The minimum atomic E-state index is 0. The summed E-state index contributed by atoms with van der Waals surface area (Å²) >= 11 is 0. The Bertz CT molecular complexity index is 346. The molecular weight excluding hydrogens is 471 g/mol. The van der Waals surface area contributed by atoms with Crippen LogP contribution in [-0.4, -0.2) is 43.6 Å². The first kappa shape index (κ1) is 31.3. The van der Waals surface area contributed by atoms with E-state index in [1.807, 2.05) is 0 Å². The summed E-state index contributed by atoms with van der Waals surface area (Å²) in [5.41, 5.74) is 0. The van der Waals surface area contributed by atoms with Gasteiger partial charge in [-0.05, 0) is 20.3 Å². The van der Waals surface area contributed by atoms with Gasteiger partial charge in [-0.2, -0.15) is 0 Å². The van der Waals surface area contributed by atoms with Crippen LogP contribution in [0.2, 0.25) is 0 Å². The predicted molar refractivity (Wildman–Crippen MR) is 125 cm³/mol. The molecule has 0 atom stereocenters. The number of nitrogens with zero attached hydrogens (tertiary/aromatic N) is 1. The summed E-state index contributed by atoms with van der Waals surface area (Å²) in [6.07, 6.45) is 21.2. The Morgan fingerprint density at radius 2 is 1.03 bits per heavy atom. The van der Waals surface area contributed by atoms with E-state index in [9.17, 15) is 4.79 Å². The molecule has 1 amide bonds. The molecule has 0 saturated heterocycles. The first-order chi connectivity index (χ1) is 13.6. The Morgan fingerprint density at radius 1 is 0.655 bits per heavy atom. The third kappa shape index (κ3) is 21.2. The molecule has 0 radical (unpaired) electrons. The molecule has 0 aromatic carbocycles. The number of hydrogen-bond donors (Lipinski definition) is 1. The lowest BCUT2D eigenvalue weighted by Crippen LogP contribution is -3.00. The largest absolute Gasteiger partial charge is 1.00 e. The average Bonchev–Trinajstić information content (AvgIpc) is 2.70. The number of likely N-dealkylation sites (N-methyl/N-ethyl adjacent to an activating group) is 1. The van der Waals surface area contributed by atoms with E-state index in [1.54, 1.807) is 0 Å². The molecule has 0 aromatic rings. The lowest BCUT2D eigenvalue weighted by atomic mass is 10.0. The van der Waals surface area contributed by atoms with Crippen LogP contribution in [0.1, 0.15) is 124 Å². The Hall–Kier alpha value is 0.160. The Balaban J connectivity index is 0. The van der Waals surface area contributed by atoms with Gasteiger partial charge in [-0.25, -0.2) is 0 Å². The van der Waals surface area contributed by atoms with E-state index in [4.69, 9.17) is 0 Å². The molecule has 0 aliphatic carbocycles. The number of hydrogen-bond acceptors (Lipinski definition) is 1. The van der Waals surface area contributed by atoms with Crippen LogP contribution in [0.25, 0.3) is 0 Å². The van der Waals surface area contributed by atoms with Crippen molar-refractivity contribution in [3.05, 3.63) is 0 Å². The first-order valence-electron chi connectivity index (χ1n) is 12.7. The number of nitrogens with one attached hydrogen (secondary N) is 1. The predicted octanol–water partition coefficient (Wildman–Crippen LogP) is 3.85. The van der Waals surface area contributed by atoms with Gasteiger partial charge in [-0.15, -0.1) is 0 Å². The van der Waals surface area contributed by atoms with Gasteiger partial charge < -0.3 is 33.8 Å². The van der Waals surface area contributed by atoms with Crippen LogP contribution in [-0.2, 0) is 4.79 Å². The molecule has 0 aromatic heterocycles. The van der Waals surface area contributed by atoms with Gasteiger partial charge in [0.2, 0.25) is 5.91 Å². The highest BCUT2D eigenvalue weighted by molar-refractivity contribution is 5.75. The van der Waals surface area contributed by atoms with Gasteiger partial charge in [0.05, 0.1) is 33.2 Å². The zero-order valence-electron chi connectivity index (χ0n) is 20.4. The Morgan fingerprint density at radius 3 is 1.41 bits per heavy atom. The van der Waals surface area contributed by atoms with Crippen molar-refractivity contribution in [2.24, 2.45) is 0 Å². The summed E-state index contributed by atoms with van der Waals surface area (Å²) < 4.78 is 1.04. The molecule has 0 heterocycles. The van der Waals surface area contributed by atoms with E-state index >= 15 is 0 Å². The number of carbonyl (C=O) groups is 1. The van der Waals surface area contributed by atoms with E-state index < -0.39 is 0 Å². The topological polar surface area (TPSA) is 29.1 Å². The second kappa shape index (κ2) is 22.8. The average molecular weight is 525 g/mol. The number of halogens is 1. The number of amides is 1. The summed E-state index contributed by atoms with van der Waals surface area (Å²) in [5.74, 6) is 0.244. The van der Waals surface area contributed by atoms with Crippen LogP contribution in [0.4, 0.5) is 0 Å². The third-order valence-corrected chi connectivity index (χ3v) is 6.51. The summed E-state index contributed by atoms with van der Waals surface area (Å²) in [4.78, 5) is 11.9. The molecule has 3 nitrogen and oxygen atoms in total. The van der Waals surface area contributed by atoms with Crippen molar-refractivity contribution in [3.63, 3.8) is 0 Å². The minimum Gasteiger partial charge on any atom is -1.00 e. The number of carbonyl (C=O) groups excluding carboxylic acids is 1. The summed E-state index contributed by atoms with van der Waals surface area (Å²) in [6.45, 7) is 10.8. The van der Waals surface area contributed by atoms with Crippen LogP contribution in [0.15, 0.2) is 0 Å². The molecule has 29 heavy (non-hydrogen) atoms. The van der Waals surface area contributed by atoms with Crippen LogP contribution >= 0.6 is 0 Å². The maximum Gasteiger partial charge on any atom is 0.220 e. The Kier molecular flexibility index (Phi) is 24.7. The molecule has 0 aliphatic heterocycles. The summed E-state index contributed by atoms with van der Waals surface area (Å²) in [7, 11) is 2.26. The van der Waals surface area contributed by atoms with Crippen molar-refractivity contribution in [3.8, 4) is 0 Å². The molecule has 0 fully saturated rings. The van der Waals surface area contributed by atoms with Crippen molar-refractivity contribution >= 4 is 5.91 Å². The van der Waals surface area contributed by atoms with Crippen molar-refractivity contribution in [1.29, 1.82) is 0 Å². The third-order valence-electron chi connectivity index (χ3n) is 6.51. The van der Waals surface area contributed by atoms with Gasteiger partial charge in [-0.1, -0.05) is 96.8 Å². The number of unbranched alkanes of at least 4 members (excludes halogenated alkanes) is 14. The van der Waals surface area contributed by atoms with Crippen molar-refractivity contribution in [1.82, 2.24) is 5.32 Å². The molecule has 0 aliphatic rings. The molecule has 176 valence electrons. The fourth-order valence-corrected chi connectivity index (χ4v) is 3.75. The lowest BCUT2D eigenvalue weighted by Gasteiger charge is -2.32. The van der Waals surface area contributed by atoms with Gasteiger partial charge >= 0.3 is 0 Å². The highest BCUT2D eigenvalue weighted by Gasteiger charge is 2.15. The molecule has 4 heteroatoms. The second-order valence-electron chi connectivity index (χ2n) is 9.03. The van der Waals surface area contributed by atoms with E-state index in [0.717, 1.165) is 37.1 Å². The fourth-order valence-electron chi connectivity index (χ4n) is 3.75. The lowest BCUT2D eigenvalue weighted by molar-refractivity contribution is -0.904. The zero-order chi connectivity index (χ0) is 20.9. The van der Waals surface area contributed by atoms with E-state index in [1.165, 1.54) is 89.9 Å². The van der Waals surface area contributed by atoms with E-state index in [-0.39, 0.29) is 29.9 Å². The number of rotatable bonds is 21. The normalized spacial score (nSPS) is 11.3. The molecule has 0 rings (SSSR count). The number of quaternary nitrogens is 1. The fraction of sp³-hybridized carbons (Fsp3) is 0.960. The maximum absolute atomic E-state index is 11.9. The van der Waals surface area contributed by atoms with E-state index in [2.05, 4.69) is 33.1 Å². The Labute approximate surface area is 200 Å². The van der Waals surface area contributed by atoms with Gasteiger partial charge in [0.1, 0.15) is 0 Å². The van der Waals surface area contributed by atoms with Crippen LogP contribution in [0.5, 0.6) is 0 Å².